The second-order valence-corrected chi connectivity index (χ2v) is 8.72. The molecule has 0 saturated heterocycles. The van der Waals surface area contributed by atoms with Gasteiger partial charge in [-0.15, -0.1) is 0 Å². The first-order valence-corrected chi connectivity index (χ1v) is 12.7. The van der Waals surface area contributed by atoms with Crippen molar-refractivity contribution in [3.63, 3.8) is 0 Å². The summed E-state index contributed by atoms with van der Waals surface area (Å²) in [5, 5.41) is 3.51. The molecule has 0 bridgehead atoms. The molecule has 0 aliphatic carbocycles. The van der Waals surface area contributed by atoms with E-state index in [-0.39, 0.29) is 12.4 Å². The monoisotopic (exact) mass is 522 g/mol. The number of nitrogens with zero attached hydrogens (tertiary/aromatic N) is 2. The fourth-order valence-electron chi connectivity index (χ4n) is 4.23. The lowest BCUT2D eigenvalue weighted by atomic mass is 9.96. The lowest BCUT2D eigenvalue weighted by Gasteiger charge is -2.29. The van der Waals surface area contributed by atoms with Crippen molar-refractivity contribution in [1.82, 2.24) is 10.3 Å². The largest absolute Gasteiger partial charge is 0.486 e. The Labute approximate surface area is 223 Å². The zero-order valence-electron chi connectivity index (χ0n) is 21.7. The van der Waals surface area contributed by atoms with Crippen molar-refractivity contribution in [2.24, 2.45) is 5.73 Å². The summed E-state index contributed by atoms with van der Waals surface area (Å²) in [7, 11) is 2.09. The lowest BCUT2D eigenvalue weighted by Crippen LogP contribution is -2.27. The van der Waals surface area contributed by atoms with Gasteiger partial charge in [-0.05, 0) is 23.8 Å². The number of hydrogen-bond acceptors (Lipinski definition) is 8. The molecule has 3 N–H and O–H groups in total. The average molecular weight is 523 g/mol. The van der Waals surface area contributed by atoms with Crippen molar-refractivity contribution >= 4 is 17.1 Å². The number of para-hydroxylation sites is 1. The highest BCUT2D eigenvalue weighted by atomic mass is 19.1. The molecule has 0 amide bonds. The number of aromatic nitrogens is 1. The maximum absolute atomic E-state index is 13.4. The van der Waals surface area contributed by atoms with Crippen molar-refractivity contribution in [2.75, 3.05) is 64.7 Å². The molecular formula is C29H35FN4O4. The van der Waals surface area contributed by atoms with Gasteiger partial charge >= 0.3 is 0 Å². The number of hydrogen-bond donors (Lipinski definition) is 2. The maximum atomic E-state index is 13.4. The van der Waals surface area contributed by atoms with E-state index in [2.05, 4.69) is 52.6 Å². The molecule has 8 nitrogen and oxygen atoms in total. The quantitative estimate of drug-likeness (QED) is 0.245. The molecule has 0 saturated carbocycles. The number of anilines is 1. The predicted molar refractivity (Wildman–Crippen MR) is 146 cm³/mol. The summed E-state index contributed by atoms with van der Waals surface area (Å²) in [5.41, 5.74) is 12.8. The number of halogens is 1. The van der Waals surface area contributed by atoms with E-state index in [1.807, 2.05) is 18.2 Å². The van der Waals surface area contributed by atoms with Crippen molar-refractivity contribution < 1.29 is 23.3 Å². The molecule has 202 valence electrons. The molecule has 0 unspecified atom stereocenters. The van der Waals surface area contributed by atoms with Crippen LogP contribution in [0.4, 0.5) is 10.1 Å². The molecule has 0 fully saturated rings. The van der Waals surface area contributed by atoms with Gasteiger partial charge in [-0.25, -0.2) is 4.98 Å². The summed E-state index contributed by atoms with van der Waals surface area (Å²) < 4.78 is 35.4. The Morgan fingerprint density at radius 2 is 1.50 bits per heavy atom. The third kappa shape index (κ3) is 7.44. The predicted octanol–water partition coefficient (Wildman–Crippen LogP) is 3.67. The smallest absolute Gasteiger partial charge is 0.255 e. The van der Waals surface area contributed by atoms with Gasteiger partial charge in [0.2, 0.25) is 0 Å². The van der Waals surface area contributed by atoms with E-state index >= 15 is 0 Å². The van der Waals surface area contributed by atoms with E-state index in [4.69, 9.17) is 24.7 Å². The Morgan fingerprint density at radius 1 is 0.842 bits per heavy atom. The van der Waals surface area contributed by atoms with Gasteiger partial charge in [0, 0.05) is 43.1 Å². The third-order valence-corrected chi connectivity index (χ3v) is 6.07. The Hall–Kier alpha value is -3.66. The van der Waals surface area contributed by atoms with E-state index in [0.717, 1.165) is 34.8 Å². The molecule has 38 heavy (non-hydrogen) atoms. The van der Waals surface area contributed by atoms with Crippen LogP contribution < -0.4 is 20.7 Å². The first-order chi connectivity index (χ1) is 18.6. The molecule has 1 aliphatic heterocycles. The molecule has 1 aliphatic rings. The van der Waals surface area contributed by atoms with E-state index in [0.29, 0.717) is 46.2 Å². The fraction of sp³-hybridized carbons (Fsp3) is 0.345. The number of benzene rings is 2. The number of nitrogens with one attached hydrogen (secondary N) is 1. The normalized spacial score (nSPS) is 14.8. The van der Waals surface area contributed by atoms with E-state index in [1.165, 1.54) is 17.8 Å². The van der Waals surface area contributed by atoms with E-state index in [1.54, 1.807) is 6.07 Å². The van der Waals surface area contributed by atoms with E-state index in [9.17, 15) is 4.39 Å². The first kappa shape index (κ1) is 27.4. The average Bonchev–Trinajstić information content (AvgIpc) is 2.94. The molecule has 3 aromatic rings. The fourth-order valence-corrected chi connectivity index (χ4v) is 4.23. The topological polar surface area (TPSA) is 91.1 Å². The SMILES string of the molecule is CN1Cc2ccccc2/C(NCCOCCOCCOCCOc2cccnc2F)=C(/N)c2ccccc21. The summed E-state index contributed by atoms with van der Waals surface area (Å²) in [6.45, 7) is 4.30. The van der Waals surface area contributed by atoms with Crippen LogP contribution in [0.1, 0.15) is 16.7 Å². The van der Waals surface area contributed by atoms with E-state index < -0.39 is 5.95 Å². The summed E-state index contributed by atoms with van der Waals surface area (Å²) >= 11 is 0. The molecule has 0 atom stereocenters. The van der Waals surface area contributed by atoms with Gasteiger partial charge in [-0.3, -0.25) is 0 Å². The molecule has 4 rings (SSSR count). The number of fused-ring (bicyclic) bond motifs is 2. The minimum absolute atomic E-state index is 0.120. The van der Waals surface area contributed by atoms with Crippen LogP contribution in [0.5, 0.6) is 5.75 Å². The minimum Gasteiger partial charge on any atom is -0.486 e. The number of rotatable bonds is 14. The number of ether oxygens (including phenoxy) is 4. The van der Waals surface area contributed by atoms with Crippen LogP contribution in [0.25, 0.3) is 11.4 Å². The summed E-state index contributed by atoms with van der Waals surface area (Å²) in [4.78, 5) is 5.76. The number of pyridine rings is 1. The van der Waals surface area contributed by atoms with Gasteiger partial charge in [0.15, 0.2) is 5.75 Å². The molecule has 0 spiro atoms. The molecule has 2 heterocycles. The van der Waals surface area contributed by atoms with Crippen LogP contribution in [0, 0.1) is 5.95 Å². The molecule has 2 aromatic carbocycles. The van der Waals surface area contributed by atoms with Crippen molar-refractivity contribution in [3.8, 4) is 5.75 Å². The molecule has 1 aromatic heterocycles. The van der Waals surface area contributed by atoms with Crippen LogP contribution in [0.2, 0.25) is 0 Å². The van der Waals surface area contributed by atoms with Crippen molar-refractivity contribution in [3.05, 3.63) is 89.5 Å². The third-order valence-electron chi connectivity index (χ3n) is 6.07. The highest BCUT2D eigenvalue weighted by Crippen LogP contribution is 2.33. The number of nitrogens with two attached hydrogens (primary N) is 1. The summed E-state index contributed by atoms with van der Waals surface area (Å²) in [6.07, 6.45) is 1.37. The second-order valence-electron chi connectivity index (χ2n) is 8.72. The van der Waals surface area contributed by atoms with Crippen LogP contribution in [-0.4, -0.2) is 64.8 Å². The Kier molecular flexibility index (Phi) is 10.3. The molecular weight excluding hydrogens is 487 g/mol. The minimum atomic E-state index is -0.626. The van der Waals surface area contributed by atoms with Crippen molar-refractivity contribution in [1.29, 1.82) is 0 Å². The Morgan fingerprint density at radius 3 is 2.26 bits per heavy atom. The van der Waals surface area contributed by atoms with Gasteiger partial charge in [-0.1, -0.05) is 42.5 Å². The standard InChI is InChI=1S/C29H35FN4O4/c1-34-21-22-7-2-3-8-23(22)28(27(31)24-9-4-5-10-25(24)34)32-13-14-35-15-16-36-17-18-37-19-20-38-26-11-6-12-33-29(26)30/h2-12,32H,13-21,31H2,1H3/b28-27-. The van der Waals surface area contributed by atoms with Crippen LogP contribution >= 0.6 is 0 Å². The van der Waals surface area contributed by atoms with Crippen LogP contribution in [0.15, 0.2) is 66.9 Å². The Balaban J connectivity index is 1.14. The zero-order valence-corrected chi connectivity index (χ0v) is 21.7. The highest BCUT2D eigenvalue weighted by molar-refractivity contribution is 5.93. The summed E-state index contributed by atoms with van der Waals surface area (Å²) in [6, 6.07) is 19.7. The first-order valence-electron chi connectivity index (χ1n) is 12.7. The lowest BCUT2D eigenvalue weighted by molar-refractivity contribution is 0.00992. The van der Waals surface area contributed by atoms with Gasteiger partial charge in [-0.2, -0.15) is 4.39 Å². The van der Waals surface area contributed by atoms with Crippen LogP contribution in [-0.2, 0) is 20.8 Å². The van der Waals surface area contributed by atoms with Gasteiger partial charge in [0.1, 0.15) is 6.61 Å². The summed E-state index contributed by atoms with van der Waals surface area (Å²) in [5.74, 6) is -0.506. The Bertz CT molecular complexity index is 1210. The second kappa shape index (κ2) is 14.3. The molecule has 9 heteroatoms. The van der Waals surface area contributed by atoms with Gasteiger partial charge in [0.05, 0.1) is 51.0 Å². The van der Waals surface area contributed by atoms with Gasteiger partial charge < -0.3 is 34.9 Å². The van der Waals surface area contributed by atoms with Gasteiger partial charge in [0.25, 0.3) is 5.95 Å². The molecule has 0 radical (unpaired) electrons. The highest BCUT2D eigenvalue weighted by Gasteiger charge is 2.20. The van der Waals surface area contributed by atoms with Crippen LogP contribution in [0.3, 0.4) is 0 Å². The maximum Gasteiger partial charge on any atom is 0.255 e. The van der Waals surface area contributed by atoms with Crippen molar-refractivity contribution in [2.45, 2.75) is 6.54 Å². The zero-order chi connectivity index (χ0) is 26.6.